The molecule has 1 aromatic carbocycles. The first-order valence-electron chi connectivity index (χ1n) is 5.88. The number of nitrogens with one attached hydrogen (secondary N) is 1. The minimum absolute atomic E-state index is 0.0234. The Morgan fingerprint density at radius 1 is 1.40 bits per heavy atom. The second-order valence-electron chi connectivity index (χ2n) is 4.22. The molecule has 0 aliphatic rings. The summed E-state index contributed by atoms with van der Waals surface area (Å²) in [5.41, 5.74) is 0.864. The Labute approximate surface area is 113 Å². The Morgan fingerprint density at radius 2 is 2.25 bits per heavy atom. The number of nitrogens with zero attached hydrogens (tertiary/aromatic N) is 4. The van der Waals surface area contributed by atoms with Gasteiger partial charge in [0.25, 0.3) is 11.7 Å². The number of hydrogen-bond donors (Lipinski definition) is 1. The molecule has 0 bridgehead atoms. The predicted molar refractivity (Wildman–Crippen MR) is 69.9 cm³/mol. The first kappa shape index (κ1) is 12.2. The molecule has 0 fully saturated rings. The van der Waals surface area contributed by atoms with Crippen LogP contribution in [0.3, 0.4) is 0 Å². The van der Waals surface area contributed by atoms with Crippen molar-refractivity contribution in [1.82, 2.24) is 19.6 Å². The van der Waals surface area contributed by atoms with E-state index in [9.17, 15) is 9.18 Å². The van der Waals surface area contributed by atoms with E-state index in [2.05, 4.69) is 20.4 Å². The lowest BCUT2D eigenvalue weighted by molar-refractivity contribution is 0.101. The van der Waals surface area contributed by atoms with Gasteiger partial charge in [-0.3, -0.25) is 4.79 Å². The van der Waals surface area contributed by atoms with Crippen molar-refractivity contribution in [1.29, 1.82) is 0 Å². The van der Waals surface area contributed by atoms with Crippen molar-refractivity contribution in [2.75, 3.05) is 5.32 Å². The molecule has 1 amide bonds. The molecule has 100 valence electrons. The van der Waals surface area contributed by atoms with E-state index in [-0.39, 0.29) is 11.6 Å². The summed E-state index contributed by atoms with van der Waals surface area (Å²) in [6.07, 6.45) is 3.19. The summed E-state index contributed by atoms with van der Waals surface area (Å²) in [6, 6.07) is 6.13. The highest BCUT2D eigenvalue weighted by Gasteiger charge is 2.13. The zero-order valence-corrected chi connectivity index (χ0v) is 10.5. The number of fused-ring (bicyclic) bond motifs is 1. The van der Waals surface area contributed by atoms with Gasteiger partial charge in [-0.25, -0.2) is 13.9 Å². The van der Waals surface area contributed by atoms with Crippen LogP contribution in [0.15, 0.2) is 36.7 Å². The fraction of sp³-hybridized carbons (Fsp3) is 0.0769. The summed E-state index contributed by atoms with van der Waals surface area (Å²) in [5.74, 6) is -0.594. The van der Waals surface area contributed by atoms with Crippen molar-refractivity contribution in [2.45, 2.75) is 6.92 Å². The van der Waals surface area contributed by atoms with Gasteiger partial charge in [-0.2, -0.15) is 4.98 Å². The molecule has 6 nitrogen and oxygen atoms in total. The van der Waals surface area contributed by atoms with Crippen LogP contribution < -0.4 is 5.32 Å². The lowest BCUT2D eigenvalue weighted by atomic mass is 10.2. The average Bonchev–Trinajstić information content (AvgIpc) is 2.87. The molecule has 7 heteroatoms. The Hall–Kier alpha value is -2.83. The highest BCUT2D eigenvalue weighted by molar-refractivity contribution is 6.01. The highest BCUT2D eigenvalue weighted by Crippen LogP contribution is 2.14. The molecule has 0 atom stereocenters. The standard InChI is InChI=1S/C13H10FN5O/c1-8-3-4-9(7-10(8)14)16-12(20)11-17-13-15-5-2-6-19(13)18-11/h2-7H,1H3,(H,16,20). The number of hydrogen-bond acceptors (Lipinski definition) is 4. The van der Waals surface area contributed by atoms with Crippen LogP contribution in [-0.2, 0) is 0 Å². The quantitative estimate of drug-likeness (QED) is 0.771. The minimum atomic E-state index is -0.515. The maximum atomic E-state index is 13.4. The Balaban J connectivity index is 1.86. The molecule has 2 heterocycles. The molecule has 0 aliphatic heterocycles. The summed E-state index contributed by atoms with van der Waals surface area (Å²) < 4.78 is 14.8. The molecular formula is C13H10FN5O. The third-order valence-corrected chi connectivity index (χ3v) is 2.75. The van der Waals surface area contributed by atoms with Crippen molar-refractivity contribution in [3.05, 3.63) is 53.9 Å². The summed E-state index contributed by atoms with van der Waals surface area (Å²) in [6.45, 7) is 1.65. The van der Waals surface area contributed by atoms with E-state index in [1.54, 1.807) is 37.5 Å². The molecule has 0 unspecified atom stereocenters. The maximum Gasteiger partial charge on any atom is 0.295 e. The summed E-state index contributed by atoms with van der Waals surface area (Å²) in [4.78, 5) is 19.9. The van der Waals surface area contributed by atoms with Gasteiger partial charge in [-0.05, 0) is 30.7 Å². The number of aromatic nitrogens is 4. The first-order valence-corrected chi connectivity index (χ1v) is 5.88. The number of benzene rings is 1. The van der Waals surface area contributed by atoms with Gasteiger partial charge >= 0.3 is 0 Å². The second kappa shape index (κ2) is 4.69. The van der Waals surface area contributed by atoms with E-state index in [0.717, 1.165) is 0 Å². The maximum absolute atomic E-state index is 13.4. The fourth-order valence-corrected chi connectivity index (χ4v) is 1.69. The number of carbonyl (C=O) groups is 1. The molecular weight excluding hydrogens is 261 g/mol. The van der Waals surface area contributed by atoms with Gasteiger partial charge < -0.3 is 5.32 Å². The van der Waals surface area contributed by atoms with Crippen LogP contribution in [0.1, 0.15) is 16.2 Å². The van der Waals surface area contributed by atoms with Crippen LogP contribution in [0.25, 0.3) is 5.78 Å². The molecule has 1 N–H and O–H groups in total. The van der Waals surface area contributed by atoms with Crippen LogP contribution in [0.5, 0.6) is 0 Å². The van der Waals surface area contributed by atoms with Crippen LogP contribution in [-0.4, -0.2) is 25.5 Å². The van der Waals surface area contributed by atoms with Crippen molar-refractivity contribution >= 4 is 17.4 Å². The SMILES string of the molecule is Cc1ccc(NC(=O)c2nc3ncccn3n2)cc1F. The van der Waals surface area contributed by atoms with Crippen LogP contribution in [0, 0.1) is 12.7 Å². The Morgan fingerprint density at radius 3 is 3.00 bits per heavy atom. The zero-order chi connectivity index (χ0) is 14.1. The first-order chi connectivity index (χ1) is 9.63. The van der Waals surface area contributed by atoms with Crippen molar-refractivity contribution < 1.29 is 9.18 Å². The number of rotatable bonds is 2. The summed E-state index contributed by atoms with van der Waals surface area (Å²) >= 11 is 0. The topological polar surface area (TPSA) is 72.2 Å². The van der Waals surface area contributed by atoms with Gasteiger partial charge in [0.2, 0.25) is 5.82 Å². The van der Waals surface area contributed by atoms with Gasteiger partial charge in [0.15, 0.2) is 0 Å². The van der Waals surface area contributed by atoms with E-state index in [1.807, 2.05) is 0 Å². The van der Waals surface area contributed by atoms with E-state index in [1.165, 1.54) is 10.6 Å². The third-order valence-electron chi connectivity index (χ3n) is 2.75. The number of amides is 1. The highest BCUT2D eigenvalue weighted by atomic mass is 19.1. The van der Waals surface area contributed by atoms with Gasteiger partial charge in [0, 0.05) is 18.1 Å². The molecule has 0 spiro atoms. The largest absolute Gasteiger partial charge is 0.319 e. The Kier molecular flexibility index (Phi) is 2.86. The van der Waals surface area contributed by atoms with Crippen molar-refractivity contribution in [2.24, 2.45) is 0 Å². The summed E-state index contributed by atoms with van der Waals surface area (Å²) in [7, 11) is 0. The van der Waals surface area contributed by atoms with Gasteiger partial charge in [-0.1, -0.05) is 6.07 Å². The summed E-state index contributed by atoms with van der Waals surface area (Å²) in [5, 5.41) is 6.53. The molecule has 0 saturated carbocycles. The second-order valence-corrected chi connectivity index (χ2v) is 4.22. The lowest BCUT2D eigenvalue weighted by Gasteiger charge is -2.03. The third kappa shape index (κ3) is 2.20. The zero-order valence-electron chi connectivity index (χ0n) is 10.5. The fourth-order valence-electron chi connectivity index (χ4n) is 1.69. The van der Waals surface area contributed by atoms with Gasteiger partial charge in [-0.15, -0.1) is 5.10 Å². The number of carbonyl (C=O) groups excluding carboxylic acids is 1. The molecule has 20 heavy (non-hydrogen) atoms. The van der Waals surface area contributed by atoms with Crippen LogP contribution in [0.4, 0.5) is 10.1 Å². The van der Waals surface area contributed by atoms with E-state index < -0.39 is 5.91 Å². The monoisotopic (exact) mass is 271 g/mol. The van der Waals surface area contributed by atoms with Gasteiger partial charge in [0.1, 0.15) is 5.82 Å². The molecule has 0 radical (unpaired) electrons. The molecule has 3 aromatic rings. The number of halogens is 1. The molecule has 0 saturated heterocycles. The molecule has 2 aromatic heterocycles. The molecule has 0 aliphatic carbocycles. The number of anilines is 1. The Bertz CT molecular complexity index is 765. The number of aryl methyl sites for hydroxylation is 1. The predicted octanol–water partition coefficient (Wildman–Crippen LogP) is 1.82. The normalized spacial score (nSPS) is 10.7. The smallest absolute Gasteiger partial charge is 0.295 e. The van der Waals surface area contributed by atoms with Crippen molar-refractivity contribution in [3.63, 3.8) is 0 Å². The van der Waals surface area contributed by atoms with Crippen molar-refractivity contribution in [3.8, 4) is 0 Å². The van der Waals surface area contributed by atoms with Gasteiger partial charge in [0.05, 0.1) is 0 Å². The van der Waals surface area contributed by atoms with E-state index >= 15 is 0 Å². The van der Waals surface area contributed by atoms with E-state index in [0.29, 0.717) is 17.0 Å². The average molecular weight is 271 g/mol. The van der Waals surface area contributed by atoms with Crippen LogP contribution >= 0.6 is 0 Å². The van der Waals surface area contributed by atoms with Crippen LogP contribution in [0.2, 0.25) is 0 Å². The molecule has 3 rings (SSSR count). The van der Waals surface area contributed by atoms with E-state index in [4.69, 9.17) is 0 Å². The lowest BCUT2D eigenvalue weighted by Crippen LogP contribution is -2.14. The minimum Gasteiger partial charge on any atom is -0.319 e.